The number of aliphatic hydroxyl groups excluding tert-OH is 1. The highest BCUT2D eigenvalue weighted by Crippen LogP contribution is 1.97. The van der Waals surface area contributed by atoms with Crippen molar-refractivity contribution in [2.75, 3.05) is 20.2 Å². The summed E-state index contributed by atoms with van der Waals surface area (Å²) in [6, 6.07) is 0.299. The van der Waals surface area contributed by atoms with E-state index in [-0.39, 0.29) is 24.6 Å². The van der Waals surface area contributed by atoms with Crippen LogP contribution in [0.15, 0.2) is 0 Å². The standard InChI is InChI=1S/C11H24N2O2/c1-5-10(6-2)12-11(15)7-13(4)9(3)8-14/h9-10,14H,5-8H2,1-4H3,(H,12,15). The minimum absolute atomic E-state index is 0.0254. The zero-order chi connectivity index (χ0) is 11.8. The highest BCUT2D eigenvalue weighted by molar-refractivity contribution is 5.78. The second kappa shape index (κ2) is 7.65. The molecule has 0 aliphatic rings. The van der Waals surface area contributed by atoms with E-state index in [2.05, 4.69) is 19.2 Å². The van der Waals surface area contributed by atoms with Crippen LogP contribution in [0.2, 0.25) is 0 Å². The lowest BCUT2D eigenvalue weighted by atomic mass is 10.2. The number of nitrogens with one attached hydrogen (secondary N) is 1. The van der Waals surface area contributed by atoms with E-state index in [1.165, 1.54) is 0 Å². The molecule has 4 nitrogen and oxygen atoms in total. The Balaban J connectivity index is 3.92. The van der Waals surface area contributed by atoms with Crippen LogP contribution >= 0.6 is 0 Å². The molecule has 0 rings (SSSR count). The summed E-state index contributed by atoms with van der Waals surface area (Å²) >= 11 is 0. The van der Waals surface area contributed by atoms with Gasteiger partial charge < -0.3 is 10.4 Å². The van der Waals surface area contributed by atoms with Gasteiger partial charge in [0.1, 0.15) is 0 Å². The van der Waals surface area contributed by atoms with E-state index in [4.69, 9.17) is 5.11 Å². The van der Waals surface area contributed by atoms with E-state index in [1.807, 2.05) is 18.9 Å². The van der Waals surface area contributed by atoms with Gasteiger partial charge in [0.2, 0.25) is 5.91 Å². The first-order valence-corrected chi connectivity index (χ1v) is 5.65. The molecule has 0 aliphatic heterocycles. The van der Waals surface area contributed by atoms with Gasteiger partial charge >= 0.3 is 0 Å². The Labute approximate surface area is 92.7 Å². The van der Waals surface area contributed by atoms with Crippen LogP contribution in [-0.4, -0.2) is 48.2 Å². The molecule has 0 heterocycles. The Morgan fingerprint density at radius 2 is 1.93 bits per heavy atom. The molecule has 1 amide bonds. The highest BCUT2D eigenvalue weighted by atomic mass is 16.3. The number of nitrogens with zero attached hydrogens (tertiary/aromatic N) is 1. The highest BCUT2D eigenvalue weighted by Gasteiger charge is 2.13. The zero-order valence-corrected chi connectivity index (χ0v) is 10.3. The summed E-state index contributed by atoms with van der Waals surface area (Å²) in [6.07, 6.45) is 1.92. The third kappa shape index (κ3) is 5.74. The van der Waals surface area contributed by atoms with Crippen molar-refractivity contribution in [2.24, 2.45) is 0 Å². The number of hydrogen-bond donors (Lipinski definition) is 2. The minimum Gasteiger partial charge on any atom is -0.395 e. The number of aliphatic hydroxyl groups is 1. The SMILES string of the molecule is CCC(CC)NC(=O)CN(C)C(C)CO. The van der Waals surface area contributed by atoms with Crippen LogP contribution in [-0.2, 0) is 4.79 Å². The number of amides is 1. The van der Waals surface area contributed by atoms with Gasteiger partial charge in [0, 0.05) is 12.1 Å². The van der Waals surface area contributed by atoms with E-state index in [9.17, 15) is 4.79 Å². The van der Waals surface area contributed by atoms with Crippen LogP contribution in [0.4, 0.5) is 0 Å². The van der Waals surface area contributed by atoms with E-state index in [1.54, 1.807) is 0 Å². The average Bonchev–Trinajstić information content (AvgIpc) is 2.24. The van der Waals surface area contributed by atoms with Gasteiger partial charge in [0.15, 0.2) is 0 Å². The van der Waals surface area contributed by atoms with Crippen molar-refractivity contribution in [3.05, 3.63) is 0 Å². The third-order valence-electron chi connectivity index (χ3n) is 2.76. The second-order valence-electron chi connectivity index (χ2n) is 4.03. The molecule has 0 radical (unpaired) electrons. The Morgan fingerprint density at radius 1 is 1.40 bits per heavy atom. The molecule has 0 aliphatic carbocycles. The maximum absolute atomic E-state index is 11.6. The predicted octanol–water partition coefficient (Wildman–Crippen LogP) is 0.604. The molecule has 1 unspecified atom stereocenters. The number of carbonyl (C=O) groups is 1. The van der Waals surface area contributed by atoms with E-state index >= 15 is 0 Å². The second-order valence-corrected chi connectivity index (χ2v) is 4.03. The summed E-state index contributed by atoms with van der Waals surface area (Å²) in [7, 11) is 1.84. The number of hydrogen-bond acceptors (Lipinski definition) is 3. The van der Waals surface area contributed by atoms with E-state index in [0.29, 0.717) is 6.54 Å². The van der Waals surface area contributed by atoms with Crippen molar-refractivity contribution < 1.29 is 9.90 Å². The molecule has 0 aromatic carbocycles. The molecule has 90 valence electrons. The lowest BCUT2D eigenvalue weighted by Gasteiger charge is -2.23. The quantitative estimate of drug-likeness (QED) is 0.655. The summed E-state index contributed by atoms with van der Waals surface area (Å²) in [6.45, 7) is 6.44. The lowest BCUT2D eigenvalue weighted by molar-refractivity contribution is -0.123. The van der Waals surface area contributed by atoms with Gasteiger partial charge in [-0.25, -0.2) is 0 Å². The first-order valence-electron chi connectivity index (χ1n) is 5.65. The van der Waals surface area contributed by atoms with Crippen molar-refractivity contribution in [3.63, 3.8) is 0 Å². The lowest BCUT2D eigenvalue weighted by Crippen LogP contribution is -2.43. The molecule has 15 heavy (non-hydrogen) atoms. The van der Waals surface area contributed by atoms with Crippen LogP contribution in [0.5, 0.6) is 0 Å². The molecule has 2 N–H and O–H groups in total. The van der Waals surface area contributed by atoms with Crippen LogP contribution in [0.3, 0.4) is 0 Å². The molecule has 1 atom stereocenters. The van der Waals surface area contributed by atoms with E-state index < -0.39 is 0 Å². The smallest absolute Gasteiger partial charge is 0.234 e. The zero-order valence-electron chi connectivity index (χ0n) is 10.3. The molecule has 0 saturated heterocycles. The molecule has 0 saturated carbocycles. The average molecular weight is 216 g/mol. The molecule has 0 fully saturated rings. The van der Waals surface area contributed by atoms with Gasteiger partial charge in [-0.05, 0) is 26.8 Å². The fourth-order valence-corrected chi connectivity index (χ4v) is 1.29. The Bertz CT molecular complexity index is 181. The first-order chi connectivity index (χ1) is 7.04. The monoisotopic (exact) mass is 216 g/mol. The number of likely N-dealkylation sites (N-methyl/N-ethyl adjacent to an activating group) is 1. The molecule has 0 spiro atoms. The van der Waals surface area contributed by atoms with Gasteiger partial charge in [-0.1, -0.05) is 13.8 Å². The first kappa shape index (κ1) is 14.4. The van der Waals surface area contributed by atoms with Gasteiger partial charge in [0.05, 0.1) is 13.2 Å². The van der Waals surface area contributed by atoms with Gasteiger partial charge in [-0.2, -0.15) is 0 Å². The molecular formula is C11H24N2O2. The van der Waals surface area contributed by atoms with Crippen molar-refractivity contribution in [1.29, 1.82) is 0 Å². The largest absolute Gasteiger partial charge is 0.395 e. The maximum atomic E-state index is 11.6. The third-order valence-corrected chi connectivity index (χ3v) is 2.76. The molecular weight excluding hydrogens is 192 g/mol. The summed E-state index contributed by atoms with van der Waals surface area (Å²) < 4.78 is 0. The Kier molecular flexibility index (Phi) is 7.34. The number of rotatable bonds is 7. The van der Waals surface area contributed by atoms with Crippen molar-refractivity contribution in [1.82, 2.24) is 10.2 Å². The van der Waals surface area contributed by atoms with Gasteiger partial charge in [0.25, 0.3) is 0 Å². The topological polar surface area (TPSA) is 52.6 Å². The van der Waals surface area contributed by atoms with Gasteiger partial charge in [-0.3, -0.25) is 9.69 Å². The summed E-state index contributed by atoms with van der Waals surface area (Å²) in [5, 5.41) is 11.9. The van der Waals surface area contributed by atoms with Crippen molar-refractivity contribution in [3.8, 4) is 0 Å². The predicted molar refractivity (Wildman–Crippen MR) is 61.7 cm³/mol. The Morgan fingerprint density at radius 3 is 2.33 bits per heavy atom. The summed E-state index contributed by atoms with van der Waals surface area (Å²) in [5.41, 5.74) is 0. The van der Waals surface area contributed by atoms with Crippen LogP contribution in [0, 0.1) is 0 Å². The molecule has 4 heteroatoms. The summed E-state index contributed by atoms with van der Waals surface area (Å²) in [4.78, 5) is 13.4. The van der Waals surface area contributed by atoms with Crippen LogP contribution in [0.1, 0.15) is 33.6 Å². The van der Waals surface area contributed by atoms with Crippen molar-refractivity contribution in [2.45, 2.75) is 45.7 Å². The summed E-state index contributed by atoms with van der Waals surface area (Å²) in [5.74, 6) is 0.0338. The van der Waals surface area contributed by atoms with E-state index in [0.717, 1.165) is 12.8 Å². The van der Waals surface area contributed by atoms with Gasteiger partial charge in [-0.15, -0.1) is 0 Å². The van der Waals surface area contributed by atoms with Crippen LogP contribution < -0.4 is 5.32 Å². The maximum Gasteiger partial charge on any atom is 0.234 e. The number of carbonyl (C=O) groups excluding carboxylic acids is 1. The molecule has 0 bridgehead atoms. The van der Waals surface area contributed by atoms with Crippen molar-refractivity contribution >= 4 is 5.91 Å². The normalized spacial score (nSPS) is 13.3. The Hall–Kier alpha value is -0.610. The molecule has 0 aromatic heterocycles. The fraction of sp³-hybridized carbons (Fsp3) is 0.909. The fourth-order valence-electron chi connectivity index (χ4n) is 1.29. The molecule has 0 aromatic rings. The van der Waals surface area contributed by atoms with Crippen LogP contribution in [0.25, 0.3) is 0 Å². The minimum atomic E-state index is 0.0254.